The van der Waals surface area contributed by atoms with Crippen LogP contribution in [0.5, 0.6) is 0 Å². The molecule has 1 heterocycles. The van der Waals surface area contributed by atoms with Gasteiger partial charge in [0.05, 0.1) is 0 Å². The smallest absolute Gasteiger partial charge is 0.224 e. The van der Waals surface area contributed by atoms with Gasteiger partial charge in [-0.1, -0.05) is 28.1 Å². The van der Waals surface area contributed by atoms with Crippen molar-refractivity contribution in [2.45, 2.75) is 19.0 Å². The Bertz CT molecular complexity index is 424. The third kappa shape index (κ3) is 5.64. The highest BCUT2D eigenvalue weighted by atomic mass is 79.9. The van der Waals surface area contributed by atoms with Crippen molar-refractivity contribution in [1.29, 1.82) is 0 Å². The lowest BCUT2D eigenvalue weighted by Gasteiger charge is -2.25. The molecule has 1 N–H and O–H groups in total. The zero-order valence-corrected chi connectivity index (χ0v) is 14.7. The number of halogens is 2. The van der Waals surface area contributed by atoms with Gasteiger partial charge in [-0.25, -0.2) is 0 Å². The molecule has 1 amide bonds. The van der Waals surface area contributed by atoms with Gasteiger partial charge in [-0.15, -0.1) is 12.4 Å². The van der Waals surface area contributed by atoms with Gasteiger partial charge >= 0.3 is 0 Å². The molecular formula is C14H20BrClN2OS. The number of nitrogens with zero attached hydrogens (tertiary/aromatic N) is 1. The van der Waals surface area contributed by atoms with E-state index in [1.807, 2.05) is 48.0 Å². The highest BCUT2D eigenvalue weighted by Crippen LogP contribution is 2.14. The molecule has 1 aromatic carbocycles. The maximum atomic E-state index is 12.1. The Morgan fingerprint density at radius 1 is 1.45 bits per heavy atom. The van der Waals surface area contributed by atoms with E-state index >= 15 is 0 Å². The van der Waals surface area contributed by atoms with Gasteiger partial charge in [0.15, 0.2) is 0 Å². The molecule has 20 heavy (non-hydrogen) atoms. The van der Waals surface area contributed by atoms with Gasteiger partial charge in [0.25, 0.3) is 0 Å². The molecule has 0 bridgehead atoms. The van der Waals surface area contributed by atoms with Gasteiger partial charge < -0.3 is 10.2 Å². The SMILES string of the molecule is CN(Cc1ccc(Br)cc1)C(=O)CC1CSCCN1.Cl. The lowest BCUT2D eigenvalue weighted by Crippen LogP contribution is -2.41. The third-order valence-electron chi connectivity index (χ3n) is 3.18. The van der Waals surface area contributed by atoms with Crippen LogP contribution in [0.25, 0.3) is 0 Å². The maximum absolute atomic E-state index is 12.1. The van der Waals surface area contributed by atoms with Crippen LogP contribution in [-0.4, -0.2) is 41.9 Å². The van der Waals surface area contributed by atoms with Gasteiger partial charge in [0.1, 0.15) is 0 Å². The van der Waals surface area contributed by atoms with Crippen LogP contribution in [0.3, 0.4) is 0 Å². The summed E-state index contributed by atoms with van der Waals surface area (Å²) in [4.78, 5) is 14.0. The van der Waals surface area contributed by atoms with Crippen molar-refractivity contribution in [3.8, 4) is 0 Å². The molecule has 1 atom stereocenters. The average Bonchev–Trinajstić information content (AvgIpc) is 2.42. The van der Waals surface area contributed by atoms with E-state index in [1.165, 1.54) is 0 Å². The number of thioether (sulfide) groups is 1. The van der Waals surface area contributed by atoms with Crippen molar-refractivity contribution >= 4 is 46.0 Å². The van der Waals surface area contributed by atoms with Crippen molar-refractivity contribution in [3.63, 3.8) is 0 Å². The summed E-state index contributed by atoms with van der Waals surface area (Å²) in [6.07, 6.45) is 0.597. The molecule has 1 saturated heterocycles. The standard InChI is InChI=1S/C14H19BrN2OS.ClH/c1-17(9-11-2-4-12(15)5-3-11)14(18)8-13-10-19-7-6-16-13;/h2-5,13,16H,6-10H2,1H3;1H. The quantitative estimate of drug-likeness (QED) is 0.873. The van der Waals surface area contributed by atoms with Gasteiger partial charge in [-0.05, 0) is 17.7 Å². The first-order chi connectivity index (χ1) is 9.15. The predicted molar refractivity (Wildman–Crippen MR) is 91.6 cm³/mol. The number of benzene rings is 1. The molecule has 2 rings (SSSR count). The van der Waals surface area contributed by atoms with Crippen molar-refractivity contribution in [2.75, 3.05) is 25.1 Å². The predicted octanol–water partition coefficient (Wildman–Crippen LogP) is 2.92. The molecule has 0 spiro atoms. The summed E-state index contributed by atoms with van der Waals surface area (Å²) in [7, 11) is 1.88. The molecule has 3 nitrogen and oxygen atoms in total. The van der Waals surface area contributed by atoms with Crippen LogP contribution in [0.2, 0.25) is 0 Å². The Kier molecular flexibility index (Phi) is 7.95. The highest BCUT2D eigenvalue weighted by Gasteiger charge is 2.19. The first-order valence-corrected chi connectivity index (χ1v) is 8.39. The second-order valence-corrected chi connectivity index (χ2v) is 6.87. The van der Waals surface area contributed by atoms with Crippen LogP contribution in [0.15, 0.2) is 28.7 Å². The van der Waals surface area contributed by atoms with Crippen LogP contribution >= 0.6 is 40.1 Å². The molecule has 6 heteroatoms. The van der Waals surface area contributed by atoms with Gasteiger partial charge in [0, 0.05) is 48.6 Å². The molecule has 0 saturated carbocycles. The zero-order valence-electron chi connectivity index (χ0n) is 11.5. The van der Waals surface area contributed by atoms with Crippen LogP contribution < -0.4 is 5.32 Å². The molecule has 1 aliphatic rings. The van der Waals surface area contributed by atoms with Crippen molar-refractivity contribution in [1.82, 2.24) is 10.2 Å². The Morgan fingerprint density at radius 3 is 2.75 bits per heavy atom. The lowest BCUT2D eigenvalue weighted by atomic mass is 10.2. The van der Waals surface area contributed by atoms with E-state index in [-0.39, 0.29) is 18.3 Å². The Morgan fingerprint density at radius 2 is 2.15 bits per heavy atom. The minimum absolute atomic E-state index is 0. The molecule has 1 aromatic rings. The van der Waals surface area contributed by atoms with E-state index in [9.17, 15) is 4.79 Å². The summed E-state index contributed by atoms with van der Waals surface area (Å²) >= 11 is 5.34. The molecule has 0 aromatic heterocycles. The Hall–Kier alpha value is -0.230. The highest BCUT2D eigenvalue weighted by molar-refractivity contribution is 9.10. The monoisotopic (exact) mass is 378 g/mol. The second-order valence-electron chi connectivity index (χ2n) is 4.81. The first-order valence-electron chi connectivity index (χ1n) is 6.44. The van der Waals surface area contributed by atoms with Crippen molar-refractivity contribution in [3.05, 3.63) is 34.3 Å². The fourth-order valence-electron chi connectivity index (χ4n) is 2.07. The van der Waals surface area contributed by atoms with Crippen LogP contribution in [0.1, 0.15) is 12.0 Å². The summed E-state index contributed by atoms with van der Waals surface area (Å²) in [5.41, 5.74) is 1.16. The second kappa shape index (κ2) is 8.93. The number of carbonyl (C=O) groups excluding carboxylic acids is 1. The van der Waals surface area contributed by atoms with Crippen LogP contribution in [-0.2, 0) is 11.3 Å². The molecule has 1 unspecified atom stereocenters. The van der Waals surface area contributed by atoms with E-state index in [0.29, 0.717) is 19.0 Å². The van der Waals surface area contributed by atoms with Gasteiger partial charge in [-0.2, -0.15) is 11.8 Å². The van der Waals surface area contributed by atoms with Gasteiger partial charge in [0.2, 0.25) is 5.91 Å². The number of amides is 1. The normalized spacial score (nSPS) is 18.2. The number of rotatable bonds is 4. The molecule has 1 aliphatic heterocycles. The van der Waals surface area contributed by atoms with E-state index in [2.05, 4.69) is 21.2 Å². The summed E-state index contributed by atoms with van der Waals surface area (Å²) < 4.78 is 1.06. The van der Waals surface area contributed by atoms with Crippen LogP contribution in [0, 0.1) is 0 Å². The van der Waals surface area contributed by atoms with Crippen molar-refractivity contribution in [2.24, 2.45) is 0 Å². The number of hydrogen-bond acceptors (Lipinski definition) is 3. The minimum atomic E-state index is 0. The maximum Gasteiger partial charge on any atom is 0.224 e. The van der Waals surface area contributed by atoms with Gasteiger partial charge in [-0.3, -0.25) is 4.79 Å². The average molecular weight is 380 g/mol. The largest absolute Gasteiger partial charge is 0.341 e. The van der Waals surface area contributed by atoms with E-state index < -0.39 is 0 Å². The van der Waals surface area contributed by atoms with Crippen LogP contribution in [0.4, 0.5) is 0 Å². The summed E-state index contributed by atoms with van der Waals surface area (Å²) in [5, 5.41) is 3.40. The summed E-state index contributed by atoms with van der Waals surface area (Å²) in [6.45, 7) is 1.69. The van der Waals surface area contributed by atoms with E-state index in [4.69, 9.17) is 0 Å². The Labute approximate surface area is 139 Å². The lowest BCUT2D eigenvalue weighted by molar-refractivity contribution is -0.130. The Balaban J connectivity index is 0.00000200. The van der Waals surface area contributed by atoms with Crippen molar-refractivity contribution < 1.29 is 4.79 Å². The molecule has 112 valence electrons. The summed E-state index contributed by atoms with van der Waals surface area (Å²) in [5.74, 6) is 2.40. The third-order valence-corrected chi connectivity index (χ3v) is 4.84. The topological polar surface area (TPSA) is 32.3 Å². The van der Waals surface area contributed by atoms with E-state index in [0.717, 1.165) is 28.1 Å². The fraction of sp³-hybridized carbons (Fsp3) is 0.500. The fourth-order valence-corrected chi connectivity index (χ4v) is 3.28. The molecule has 1 fully saturated rings. The molecule has 0 radical (unpaired) electrons. The zero-order chi connectivity index (χ0) is 13.7. The number of carbonyl (C=O) groups is 1. The molecule has 0 aliphatic carbocycles. The minimum Gasteiger partial charge on any atom is -0.341 e. The first kappa shape index (κ1) is 17.8. The van der Waals surface area contributed by atoms with E-state index in [1.54, 1.807) is 0 Å². The molecular weight excluding hydrogens is 360 g/mol. The summed E-state index contributed by atoms with van der Waals surface area (Å²) in [6, 6.07) is 8.43. The number of nitrogens with one attached hydrogen (secondary N) is 1. The number of hydrogen-bond donors (Lipinski definition) is 1.